The molecule has 0 saturated carbocycles. The smallest absolute Gasteiger partial charge is 0.330 e. The van der Waals surface area contributed by atoms with E-state index in [1.807, 2.05) is 0 Å². The third-order valence-electron chi connectivity index (χ3n) is 4.65. The van der Waals surface area contributed by atoms with Gasteiger partial charge in [0.05, 0.1) is 18.8 Å². The number of aliphatic hydroxyl groups is 1. The number of aromatic amines is 1. The standard InChI is InChI=1S/C15H23N3O4/c1-10-8-18(15(21)16-13(10)20)14-12(7-11(9-19)22-14)17-5-3-2-4-6-17/h8,11-12,14,19H,2-7,9H2,1H3,(H,16,20,21)/t11-,12?,14+/m0/s1. The lowest BCUT2D eigenvalue weighted by Gasteiger charge is -2.35. The van der Waals surface area contributed by atoms with Crippen LogP contribution in [0.3, 0.4) is 0 Å². The molecule has 3 rings (SSSR count). The van der Waals surface area contributed by atoms with Crippen molar-refractivity contribution >= 4 is 0 Å². The normalized spacial score (nSPS) is 29.8. The molecule has 0 radical (unpaired) electrons. The van der Waals surface area contributed by atoms with Gasteiger partial charge in [0.1, 0.15) is 0 Å². The molecular formula is C15H23N3O4. The van der Waals surface area contributed by atoms with Crippen molar-refractivity contribution in [1.82, 2.24) is 14.5 Å². The van der Waals surface area contributed by atoms with Crippen LogP contribution in [0.2, 0.25) is 0 Å². The number of likely N-dealkylation sites (tertiary alicyclic amines) is 1. The summed E-state index contributed by atoms with van der Waals surface area (Å²) in [5, 5.41) is 9.43. The van der Waals surface area contributed by atoms with E-state index in [1.54, 1.807) is 13.1 Å². The summed E-state index contributed by atoms with van der Waals surface area (Å²) in [5.41, 5.74) is -0.346. The molecule has 3 heterocycles. The maximum absolute atomic E-state index is 12.1. The van der Waals surface area contributed by atoms with Gasteiger partial charge in [-0.05, 0) is 39.3 Å². The molecule has 3 atom stereocenters. The summed E-state index contributed by atoms with van der Waals surface area (Å²) in [6.07, 6.45) is 5.05. The Bertz CT molecular complexity index is 632. The molecule has 7 heteroatoms. The van der Waals surface area contributed by atoms with Crippen molar-refractivity contribution < 1.29 is 9.84 Å². The summed E-state index contributed by atoms with van der Waals surface area (Å²) in [7, 11) is 0. The molecule has 0 spiro atoms. The van der Waals surface area contributed by atoms with Gasteiger partial charge in [0, 0.05) is 11.8 Å². The number of aliphatic hydroxyl groups excluding tert-OH is 1. The molecular weight excluding hydrogens is 286 g/mol. The molecule has 2 saturated heterocycles. The zero-order chi connectivity index (χ0) is 15.7. The second kappa shape index (κ2) is 6.36. The minimum absolute atomic E-state index is 0.0560. The Kier molecular flexibility index (Phi) is 4.46. The average molecular weight is 309 g/mol. The van der Waals surface area contributed by atoms with E-state index >= 15 is 0 Å². The van der Waals surface area contributed by atoms with Crippen LogP contribution in [0.5, 0.6) is 0 Å². The molecule has 2 aliphatic rings. The number of hydrogen-bond donors (Lipinski definition) is 2. The summed E-state index contributed by atoms with van der Waals surface area (Å²) < 4.78 is 7.35. The Labute approximate surface area is 128 Å². The van der Waals surface area contributed by atoms with E-state index in [1.165, 1.54) is 11.0 Å². The van der Waals surface area contributed by atoms with Crippen molar-refractivity contribution in [2.24, 2.45) is 0 Å². The highest BCUT2D eigenvalue weighted by molar-refractivity contribution is 5.03. The van der Waals surface area contributed by atoms with Gasteiger partial charge in [0.25, 0.3) is 5.56 Å². The minimum Gasteiger partial charge on any atom is -0.394 e. The van der Waals surface area contributed by atoms with Gasteiger partial charge in [-0.1, -0.05) is 6.42 Å². The van der Waals surface area contributed by atoms with Gasteiger partial charge in [0.2, 0.25) is 0 Å². The fraction of sp³-hybridized carbons (Fsp3) is 0.733. The number of ether oxygens (including phenoxy) is 1. The van der Waals surface area contributed by atoms with E-state index in [0.717, 1.165) is 25.9 Å². The number of H-pyrrole nitrogens is 1. The molecule has 2 fully saturated rings. The molecule has 1 aromatic rings. The van der Waals surface area contributed by atoms with Crippen molar-refractivity contribution in [1.29, 1.82) is 0 Å². The zero-order valence-corrected chi connectivity index (χ0v) is 12.8. The second-order valence-corrected chi connectivity index (χ2v) is 6.21. The van der Waals surface area contributed by atoms with Crippen molar-refractivity contribution in [3.05, 3.63) is 32.6 Å². The van der Waals surface area contributed by atoms with Crippen LogP contribution in [-0.2, 0) is 4.74 Å². The van der Waals surface area contributed by atoms with Crippen molar-refractivity contribution in [2.75, 3.05) is 19.7 Å². The number of hydrogen-bond acceptors (Lipinski definition) is 5. The van der Waals surface area contributed by atoms with Crippen LogP contribution in [-0.4, -0.2) is 51.4 Å². The highest BCUT2D eigenvalue weighted by Crippen LogP contribution is 2.33. The maximum atomic E-state index is 12.1. The van der Waals surface area contributed by atoms with Crippen LogP contribution in [0.25, 0.3) is 0 Å². The first kappa shape index (κ1) is 15.5. The average Bonchev–Trinajstić information content (AvgIpc) is 2.96. The molecule has 2 aliphatic heterocycles. The van der Waals surface area contributed by atoms with Crippen molar-refractivity contribution in [3.63, 3.8) is 0 Å². The first-order chi connectivity index (χ1) is 10.6. The van der Waals surface area contributed by atoms with Crippen LogP contribution >= 0.6 is 0 Å². The Morgan fingerprint density at radius 3 is 2.73 bits per heavy atom. The SMILES string of the molecule is Cc1cn([C@@H]2O[C@H](CO)CC2N2CCCCC2)c(=O)[nH]c1=O. The molecule has 7 nitrogen and oxygen atoms in total. The number of aryl methyl sites for hydroxylation is 1. The molecule has 1 aromatic heterocycles. The van der Waals surface area contributed by atoms with Crippen molar-refractivity contribution in [3.8, 4) is 0 Å². The second-order valence-electron chi connectivity index (χ2n) is 6.21. The van der Waals surface area contributed by atoms with Crippen molar-refractivity contribution in [2.45, 2.75) is 51.0 Å². The Morgan fingerprint density at radius 1 is 1.32 bits per heavy atom. The predicted molar refractivity (Wildman–Crippen MR) is 80.9 cm³/mol. The number of piperidine rings is 1. The highest BCUT2D eigenvalue weighted by atomic mass is 16.5. The fourth-order valence-corrected chi connectivity index (χ4v) is 3.45. The lowest BCUT2D eigenvalue weighted by Crippen LogP contribution is -2.45. The van der Waals surface area contributed by atoms with Crippen LogP contribution in [0.1, 0.15) is 37.5 Å². The molecule has 0 amide bonds. The quantitative estimate of drug-likeness (QED) is 0.819. The fourth-order valence-electron chi connectivity index (χ4n) is 3.45. The molecule has 1 unspecified atom stereocenters. The van der Waals surface area contributed by atoms with E-state index in [2.05, 4.69) is 9.88 Å². The molecule has 2 N–H and O–H groups in total. The zero-order valence-electron chi connectivity index (χ0n) is 12.8. The van der Waals surface area contributed by atoms with Gasteiger partial charge in [-0.2, -0.15) is 0 Å². The number of nitrogens with one attached hydrogen (secondary N) is 1. The van der Waals surface area contributed by atoms with Crippen LogP contribution in [0.4, 0.5) is 0 Å². The van der Waals surface area contributed by atoms with Crippen LogP contribution < -0.4 is 11.2 Å². The lowest BCUT2D eigenvalue weighted by atomic mass is 10.0. The summed E-state index contributed by atoms with van der Waals surface area (Å²) in [4.78, 5) is 28.4. The van der Waals surface area contributed by atoms with Gasteiger partial charge >= 0.3 is 5.69 Å². The Hall–Kier alpha value is -1.44. The minimum atomic E-state index is -0.460. The maximum Gasteiger partial charge on any atom is 0.330 e. The third kappa shape index (κ3) is 2.88. The van der Waals surface area contributed by atoms with Crippen LogP contribution in [0, 0.1) is 6.92 Å². The van der Waals surface area contributed by atoms with Gasteiger partial charge in [0.15, 0.2) is 6.23 Å². The molecule has 22 heavy (non-hydrogen) atoms. The first-order valence-corrected chi connectivity index (χ1v) is 7.92. The number of aromatic nitrogens is 2. The predicted octanol–water partition coefficient (Wildman–Crippen LogP) is -0.0207. The van der Waals surface area contributed by atoms with E-state index < -0.39 is 11.9 Å². The molecule has 122 valence electrons. The summed E-state index contributed by atoms with van der Waals surface area (Å²) in [5.74, 6) is 0. The van der Waals surface area contributed by atoms with Gasteiger partial charge < -0.3 is 9.84 Å². The summed E-state index contributed by atoms with van der Waals surface area (Å²) in [6, 6.07) is 0.0560. The topological polar surface area (TPSA) is 87.6 Å². The number of nitrogens with zero attached hydrogens (tertiary/aromatic N) is 2. The largest absolute Gasteiger partial charge is 0.394 e. The summed E-state index contributed by atoms with van der Waals surface area (Å²) >= 11 is 0. The first-order valence-electron chi connectivity index (χ1n) is 7.92. The Morgan fingerprint density at radius 2 is 2.05 bits per heavy atom. The molecule has 0 bridgehead atoms. The number of rotatable bonds is 3. The Balaban J connectivity index is 1.93. The van der Waals surface area contributed by atoms with E-state index in [9.17, 15) is 14.7 Å². The van der Waals surface area contributed by atoms with E-state index in [4.69, 9.17) is 4.74 Å². The highest BCUT2D eigenvalue weighted by Gasteiger charge is 2.40. The molecule has 0 aromatic carbocycles. The van der Waals surface area contributed by atoms with Gasteiger partial charge in [-0.25, -0.2) is 4.79 Å². The monoisotopic (exact) mass is 309 g/mol. The lowest BCUT2D eigenvalue weighted by molar-refractivity contribution is -0.0455. The van der Waals surface area contributed by atoms with E-state index in [-0.39, 0.29) is 24.3 Å². The van der Waals surface area contributed by atoms with Crippen LogP contribution in [0.15, 0.2) is 15.8 Å². The van der Waals surface area contributed by atoms with E-state index in [0.29, 0.717) is 12.0 Å². The van der Waals surface area contributed by atoms with Gasteiger partial charge in [-0.15, -0.1) is 0 Å². The molecule has 0 aliphatic carbocycles. The van der Waals surface area contributed by atoms with Gasteiger partial charge in [-0.3, -0.25) is 19.2 Å². The third-order valence-corrected chi connectivity index (χ3v) is 4.65. The summed E-state index contributed by atoms with van der Waals surface area (Å²) in [6.45, 7) is 3.58.